The van der Waals surface area contributed by atoms with E-state index in [-0.39, 0.29) is 17.1 Å². The number of carbonyl (C=O) groups is 1. The first-order valence-corrected chi connectivity index (χ1v) is 5.18. The van der Waals surface area contributed by atoms with Gasteiger partial charge in [-0.25, -0.2) is 0 Å². The van der Waals surface area contributed by atoms with Crippen molar-refractivity contribution in [1.82, 2.24) is 0 Å². The van der Waals surface area contributed by atoms with E-state index >= 15 is 0 Å². The lowest BCUT2D eigenvalue weighted by Gasteiger charge is -2.26. The Balaban J connectivity index is 2.98. The first-order chi connectivity index (χ1) is 6.96. The van der Waals surface area contributed by atoms with E-state index in [0.717, 1.165) is 5.56 Å². The molecular weight excluding hydrogens is 184 g/mol. The van der Waals surface area contributed by atoms with E-state index in [0.29, 0.717) is 0 Å². The van der Waals surface area contributed by atoms with E-state index in [1.54, 1.807) is 6.08 Å². The molecule has 0 aliphatic rings. The maximum Gasteiger partial charge on any atom is 0.170 e. The van der Waals surface area contributed by atoms with Gasteiger partial charge in [0.05, 0.1) is 0 Å². The zero-order valence-corrected chi connectivity index (χ0v) is 9.66. The van der Waals surface area contributed by atoms with Crippen LogP contribution in [0.5, 0.6) is 0 Å². The summed E-state index contributed by atoms with van der Waals surface area (Å²) in [7, 11) is 0. The number of benzene rings is 1. The predicted molar refractivity (Wildman–Crippen MR) is 63.9 cm³/mol. The smallest absolute Gasteiger partial charge is 0.170 e. The quantitative estimate of drug-likeness (QED) is 0.539. The van der Waals surface area contributed by atoms with E-state index in [4.69, 9.17) is 0 Å². The van der Waals surface area contributed by atoms with Crippen molar-refractivity contribution < 1.29 is 4.79 Å². The second-order valence-corrected chi connectivity index (χ2v) is 4.81. The minimum absolute atomic E-state index is 0.0747. The number of ketones is 1. The third-order valence-electron chi connectivity index (χ3n) is 2.51. The number of hydrogen-bond acceptors (Lipinski definition) is 1. The van der Waals surface area contributed by atoms with E-state index in [1.807, 2.05) is 30.3 Å². The lowest BCUT2D eigenvalue weighted by Crippen LogP contribution is -2.26. The molecule has 80 valence electrons. The van der Waals surface area contributed by atoms with Crippen LogP contribution in [0.1, 0.15) is 31.1 Å². The summed E-state index contributed by atoms with van der Waals surface area (Å²) in [5, 5.41) is 0. The molecule has 0 amide bonds. The first-order valence-electron chi connectivity index (χ1n) is 5.18. The molecule has 0 fully saturated rings. The van der Waals surface area contributed by atoms with Gasteiger partial charge in [0.15, 0.2) is 5.78 Å². The molecule has 1 atom stereocenters. The number of Topliss-reactive ketones (excluding diaryl/α,β-unsaturated/α-hetero) is 1. The topological polar surface area (TPSA) is 17.1 Å². The van der Waals surface area contributed by atoms with Gasteiger partial charge in [-0.05, 0) is 5.41 Å². The van der Waals surface area contributed by atoms with E-state index in [2.05, 4.69) is 27.4 Å². The van der Waals surface area contributed by atoms with Crippen LogP contribution in [-0.2, 0) is 0 Å². The molecule has 15 heavy (non-hydrogen) atoms. The van der Waals surface area contributed by atoms with E-state index < -0.39 is 0 Å². The van der Waals surface area contributed by atoms with Crippen molar-refractivity contribution in [2.24, 2.45) is 11.3 Å². The second kappa shape index (κ2) is 4.43. The van der Waals surface area contributed by atoms with Crippen LogP contribution < -0.4 is 0 Å². The molecule has 0 radical (unpaired) electrons. The molecule has 1 aromatic carbocycles. The van der Waals surface area contributed by atoms with Crippen LogP contribution in [0, 0.1) is 11.3 Å². The molecule has 0 N–H and O–H groups in total. The SMILES string of the molecule is C=CC(C(=O)c1ccccc1)C(C)(C)C. The van der Waals surface area contributed by atoms with Crippen molar-refractivity contribution in [3.05, 3.63) is 48.6 Å². The lowest BCUT2D eigenvalue weighted by molar-refractivity contribution is 0.0870. The molecule has 0 saturated heterocycles. The highest BCUT2D eigenvalue weighted by molar-refractivity contribution is 5.99. The van der Waals surface area contributed by atoms with Gasteiger partial charge < -0.3 is 0 Å². The van der Waals surface area contributed by atoms with Crippen molar-refractivity contribution in [2.45, 2.75) is 20.8 Å². The van der Waals surface area contributed by atoms with Gasteiger partial charge >= 0.3 is 0 Å². The van der Waals surface area contributed by atoms with Crippen LogP contribution in [0.2, 0.25) is 0 Å². The molecule has 0 spiro atoms. The van der Waals surface area contributed by atoms with Crippen molar-refractivity contribution in [3.63, 3.8) is 0 Å². The highest BCUT2D eigenvalue weighted by atomic mass is 16.1. The highest BCUT2D eigenvalue weighted by Crippen LogP contribution is 2.29. The van der Waals surface area contributed by atoms with Crippen molar-refractivity contribution >= 4 is 5.78 Å². The first kappa shape index (κ1) is 11.7. The number of allylic oxidation sites excluding steroid dienone is 1. The monoisotopic (exact) mass is 202 g/mol. The molecule has 0 saturated carbocycles. The fourth-order valence-corrected chi connectivity index (χ4v) is 1.64. The summed E-state index contributed by atoms with van der Waals surface area (Å²) in [5.74, 6) is 0.0259. The Morgan fingerprint density at radius 2 is 1.80 bits per heavy atom. The van der Waals surface area contributed by atoms with Gasteiger partial charge in [0.1, 0.15) is 0 Å². The Morgan fingerprint density at radius 1 is 1.27 bits per heavy atom. The summed E-state index contributed by atoms with van der Waals surface area (Å²) in [6.45, 7) is 9.92. The molecule has 0 bridgehead atoms. The van der Waals surface area contributed by atoms with Gasteiger partial charge in [0, 0.05) is 11.5 Å². The molecule has 0 aliphatic carbocycles. The van der Waals surface area contributed by atoms with Crippen molar-refractivity contribution in [3.8, 4) is 0 Å². The lowest BCUT2D eigenvalue weighted by atomic mass is 9.76. The Bertz CT molecular complexity index is 343. The van der Waals surface area contributed by atoms with Crippen LogP contribution >= 0.6 is 0 Å². The summed E-state index contributed by atoms with van der Waals surface area (Å²) < 4.78 is 0. The van der Waals surface area contributed by atoms with E-state index in [9.17, 15) is 4.79 Å². The Labute approximate surface area is 91.8 Å². The van der Waals surface area contributed by atoms with Crippen molar-refractivity contribution in [1.29, 1.82) is 0 Å². The summed E-state index contributed by atoms with van der Waals surface area (Å²) in [4.78, 5) is 12.2. The summed E-state index contributed by atoms with van der Waals surface area (Å²) in [6.07, 6.45) is 1.75. The molecule has 1 nitrogen and oxygen atoms in total. The molecular formula is C14H18O. The normalized spacial score (nSPS) is 13.3. The summed E-state index contributed by atoms with van der Waals surface area (Å²) in [6, 6.07) is 9.39. The Kier molecular flexibility index (Phi) is 3.46. The summed E-state index contributed by atoms with van der Waals surface area (Å²) in [5.41, 5.74) is 0.687. The average molecular weight is 202 g/mol. The van der Waals surface area contributed by atoms with E-state index in [1.165, 1.54) is 0 Å². The molecule has 0 heterocycles. The minimum atomic E-state index is -0.125. The second-order valence-electron chi connectivity index (χ2n) is 4.81. The van der Waals surface area contributed by atoms with Gasteiger partial charge in [0.2, 0.25) is 0 Å². The van der Waals surface area contributed by atoms with Crippen LogP contribution in [0.15, 0.2) is 43.0 Å². The maximum atomic E-state index is 12.2. The number of carbonyl (C=O) groups excluding carboxylic acids is 1. The third kappa shape index (κ3) is 2.79. The van der Waals surface area contributed by atoms with Crippen LogP contribution in [-0.4, -0.2) is 5.78 Å². The van der Waals surface area contributed by atoms with Gasteiger partial charge in [-0.15, -0.1) is 6.58 Å². The molecule has 1 aromatic rings. The molecule has 1 unspecified atom stereocenters. The predicted octanol–water partition coefficient (Wildman–Crippen LogP) is 3.72. The number of rotatable bonds is 3. The van der Waals surface area contributed by atoms with Crippen LogP contribution in [0.25, 0.3) is 0 Å². The van der Waals surface area contributed by atoms with Crippen LogP contribution in [0.3, 0.4) is 0 Å². The molecule has 1 rings (SSSR count). The molecule has 1 heteroatoms. The fraction of sp³-hybridized carbons (Fsp3) is 0.357. The van der Waals surface area contributed by atoms with Gasteiger partial charge in [0.25, 0.3) is 0 Å². The van der Waals surface area contributed by atoms with Gasteiger partial charge in [-0.2, -0.15) is 0 Å². The summed E-state index contributed by atoms with van der Waals surface area (Å²) >= 11 is 0. The zero-order valence-electron chi connectivity index (χ0n) is 9.66. The molecule has 0 aliphatic heterocycles. The standard InChI is InChI=1S/C14H18O/c1-5-12(14(2,3)4)13(15)11-9-7-6-8-10-11/h5-10,12H,1H2,2-4H3. The van der Waals surface area contributed by atoms with Gasteiger partial charge in [-0.3, -0.25) is 4.79 Å². The van der Waals surface area contributed by atoms with Crippen molar-refractivity contribution in [2.75, 3.05) is 0 Å². The largest absolute Gasteiger partial charge is 0.293 e. The number of hydrogen-bond donors (Lipinski definition) is 0. The minimum Gasteiger partial charge on any atom is -0.293 e. The Hall–Kier alpha value is -1.37. The Morgan fingerprint density at radius 3 is 2.20 bits per heavy atom. The fourth-order valence-electron chi connectivity index (χ4n) is 1.64. The van der Waals surface area contributed by atoms with Crippen LogP contribution in [0.4, 0.5) is 0 Å². The third-order valence-corrected chi connectivity index (χ3v) is 2.51. The highest BCUT2D eigenvalue weighted by Gasteiger charge is 2.28. The van der Waals surface area contributed by atoms with Gasteiger partial charge in [-0.1, -0.05) is 57.2 Å². The maximum absolute atomic E-state index is 12.2. The zero-order chi connectivity index (χ0) is 11.5. The average Bonchev–Trinajstić information content (AvgIpc) is 2.18. The molecule has 0 aromatic heterocycles.